The van der Waals surface area contributed by atoms with E-state index in [1.807, 2.05) is 24.7 Å². The first-order chi connectivity index (χ1) is 12.7. The number of anilines is 1. The molecule has 1 unspecified atom stereocenters. The van der Waals surface area contributed by atoms with Crippen LogP contribution in [0.1, 0.15) is 29.0 Å². The van der Waals surface area contributed by atoms with Crippen molar-refractivity contribution in [3.05, 3.63) is 65.3 Å². The van der Waals surface area contributed by atoms with E-state index < -0.39 is 0 Å². The maximum Gasteiger partial charge on any atom is 0.138 e. The topological polar surface area (TPSA) is 59.1 Å². The van der Waals surface area contributed by atoms with Crippen LogP contribution in [0.5, 0.6) is 0 Å². The number of nitrogens with one attached hydrogen (secondary N) is 1. The minimum atomic E-state index is 0.515. The van der Waals surface area contributed by atoms with Gasteiger partial charge in [-0.3, -0.25) is 10.00 Å². The summed E-state index contributed by atoms with van der Waals surface area (Å²) < 4.78 is 7.20. The lowest BCUT2D eigenvalue weighted by Crippen LogP contribution is -2.24. The number of rotatable bonds is 6. The Morgan fingerprint density at radius 2 is 2.08 bits per heavy atom. The van der Waals surface area contributed by atoms with E-state index in [-0.39, 0.29) is 0 Å². The Kier molecular flexibility index (Phi) is 4.75. The van der Waals surface area contributed by atoms with Gasteiger partial charge in [-0.15, -0.1) is 0 Å². The van der Waals surface area contributed by atoms with Crippen LogP contribution in [0.25, 0.3) is 0 Å². The standard InChI is InChI=1S/C20H25N5O/c1-15-20(16(2)26-23-15)13-25-12-19(10-22-25)24-11-18(21-14-24)9-8-17-6-4-3-5-7-17/h3-7,10,12,18,21H,8-9,11,13-14H2,1-2H3. The highest BCUT2D eigenvalue weighted by Gasteiger charge is 2.22. The first-order valence-corrected chi connectivity index (χ1v) is 9.15. The van der Waals surface area contributed by atoms with Gasteiger partial charge >= 0.3 is 0 Å². The van der Waals surface area contributed by atoms with E-state index in [4.69, 9.17) is 4.52 Å². The SMILES string of the molecule is Cc1noc(C)c1Cn1cc(N2CNC(CCc3ccccc3)C2)cn1. The number of aromatic nitrogens is 3. The molecule has 1 aromatic carbocycles. The summed E-state index contributed by atoms with van der Waals surface area (Å²) in [5, 5.41) is 12.1. The van der Waals surface area contributed by atoms with Crippen molar-refractivity contribution in [2.45, 2.75) is 39.3 Å². The Balaban J connectivity index is 1.33. The molecular weight excluding hydrogens is 326 g/mol. The molecule has 1 aliphatic heterocycles. The number of benzene rings is 1. The fourth-order valence-corrected chi connectivity index (χ4v) is 3.50. The summed E-state index contributed by atoms with van der Waals surface area (Å²) >= 11 is 0. The molecule has 3 aromatic rings. The largest absolute Gasteiger partial charge is 0.361 e. The van der Waals surface area contributed by atoms with Crippen molar-refractivity contribution in [1.82, 2.24) is 20.3 Å². The molecule has 1 atom stereocenters. The van der Waals surface area contributed by atoms with E-state index in [2.05, 4.69) is 57.0 Å². The maximum absolute atomic E-state index is 5.24. The van der Waals surface area contributed by atoms with Crippen LogP contribution in [0.15, 0.2) is 47.2 Å². The van der Waals surface area contributed by atoms with Gasteiger partial charge in [-0.1, -0.05) is 35.5 Å². The Bertz CT molecular complexity index is 835. The smallest absolute Gasteiger partial charge is 0.138 e. The molecule has 0 amide bonds. The van der Waals surface area contributed by atoms with E-state index in [1.165, 1.54) is 5.56 Å². The van der Waals surface area contributed by atoms with Gasteiger partial charge in [0, 0.05) is 24.3 Å². The van der Waals surface area contributed by atoms with Crippen LogP contribution in [0.3, 0.4) is 0 Å². The van der Waals surface area contributed by atoms with Gasteiger partial charge in [-0.2, -0.15) is 5.10 Å². The molecule has 6 nitrogen and oxygen atoms in total. The van der Waals surface area contributed by atoms with Gasteiger partial charge in [0.25, 0.3) is 0 Å². The van der Waals surface area contributed by atoms with E-state index >= 15 is 0 Å². The van der Waals surface area contributed by atoms with Gasteiger partial charge in [-0.05, 0) is 32.3 Å². The van der Waals surface area contributed by atoms with Gasteiger partial charge in [-0.25, -0.2) is 0 Å². The van der Waals surface area contributed by atoms with E-state index in [1.54, 1.807) is 0 Å². The molecule has 1 saturated heterocycles. The number of aryl methyl sites for hydroxylation is 3. The zero-order valence-corrected chi connectivity index (χ0v) is 15.4. The molecule has 0 saturated carbocycles. The summed E-state index contributed by atoms with van der Waals surface area (Å²) in [4.78, 5) is 2.35. The molecule has 0 radical (unpaired) electrons. The lowest BCUT2D eigenvalue weighted by atomic mass is 10.1. The molecule has 26 heavy (non-hydrogen) atoms. The number of hydrogen-bond acceptors (Lipinski definition) is 5. The van der Waals surface area contributed by atoms with Crippen LogP contribution in [0.2, 0.25) is 0 Å². The summed E-state index contributed by atoms with van der Waals surface area (Å²) in [6, 6.07) is 11.2. The highest BCUT2D eigenvalue weighted by Crippen LogP contribution is 2.20. The van der Waals surface area contributed by atoms with Crippen LogP contribution >= 0.6 is 0 Å². The van der Waals surface area contributed by atoms with Crippen molar-refractivity contribution < 1.29 is 4.52 Å². The Morgan fingerprint density at radius 3 is 2.85 bits per heavy atom. The molecule has 0 aliphatic carbocycles. The van der Waals surface area contributed by atoms with Crippen molar-refractivity contribution in [3.63, 3.8) is 0 Å². The molecular formula is C20H25N5O. The summed E-state index contributed by atoms with van der Waals surface area (Å²) in [6.45, 7) is 6.50. The quantitative estimate of drug-likeness (QED) is 0.740. The highest BCUT2D eigenvalue weighted by molar-refractivity contribution is 5.43. The van der Waals surface area contributed by atoms with Crippen molar-refractivity contribution in [1.29, 1.82) is 0 Å². The molecule has 6 heteroatoms. The second kappa shape index (κ2) is 7.33. The summed E-state index contributed by atoms with van der Waals surface area (Å²) in [6.07, 6.45) is 6.30. The average Bonchev–Trinajstić information content (AvgIpc) is 3.38. The number of hydrogen-bond donors (Lipinski definition) is 1. The van der Waals surface area contributed by atoms with Gasteiger partial charge < -0.3 is 9.42 Å². The van der Waals surface area contributed by atoms with Crippen LogP contribution in [-0.2, 0) is 13.0 Å². The van der Waals surface area contributed by atoms with Crippen molar-refractivity contribution >= 4 is 5.69 Å². The summed E-state index contributed by atoms with van der Waals surface area (Å²) in [5.41, 5.74) is 4.61. The zero-order chi connectivity index (χ0) is 17.9. The van der Waals surface area contributed by atoms with Crippen molar-refractivity contribution in [3.8, 4) is 0 Å². The van der Waals surface area contributed by atoms with E-state index in [9.17, 15) is 0 Å². The zero-order valence-electron chi connectivity index (χ0n) is 15.4. The third-order valence-corrected chi connectivity index (χ3v) is 5.12. The Hall–Kier alpha value is -2.60. The molecule has 3 heterocycles. The number of nitrogens with zero attached hydrogens (tertiary/aromatic N) is 4. The maximum atomic E-state index is 5.24. The third kappa shape index (κ3) is 3.65. The van der Waals surface area contributed by atoms with Gasteiger partial charge in [0.2, 0.25) is 0 Å². The van der Waals surface area contributed by atoms with Crippen molar-refractivity contribution in [2.24, 2.45) is 0 Å². The minimum Gasteiger partial charge on any atom is -0.361 e. The first kappa shape index (κ1) is 16.8. The van der Waals surface area contributed by atoms with Crippen LogP contribution < -0.4 is 10.2 Å². The highest BCUT2D eigenvalue weighted by atomic mass is 16.5. The van der Waals surface area contributed by atoms with E-state index in [0.717, 1.165) is 48.8 Å². The van der Waals surface area contributed by atoms with E-state index in [0.29, 0.717) is 12.6 Å². The second-order valence-electron chi connectivity index (χ2n) is 7.00. The Labute approximate surface area is 153 Å². The average molecular weight is 351 g/mol. The molecule has 4 rings (SSSR count). The molecule has 1 fully saturated rings. The predicted molar refractivity (Wildman–Crippen MR) is 101 cm³/mol. The fraction of sp³-hybridized carbons (Fsp3) is 0.400. The first-order valence-electron chi connectivity index (χ1n) is 9.15. The Morgan fingerprint density at radius 1 is 1.23 bits per heavy atom. The predicted octanol–water partition coefficient (Wildman–Crippen LogP) is 2.90. The van der Waals surface area contributed by atoms with Crippen LogP contribution in [0.4, 0.5) is 5.69 Å². The molecule has 0 bridgehead atoms. The second-order valence-corrected chi connectivity index (χ2v) is 7.00. The molecule has 0 spiro atoms. The van der Waals surface area contributed by atoms with Gasteiger partial charge in [0.05, 0.1) is 30.8 Å². The molecule has 136 valence electrons. The summed E-state index contributed by atoms with van der Waals surface area (Å²) in [5.74, 6) is 0.864. The lowest BCUT2D eigenvalue weighted by molar-refractivity contribution is 0.391. The normalized spacial score (nSPS) is 17.2. The minimum absolute atomic E-state index is 0.515. The molecule has 1 aliphatic rings. The monoisotopic (exact) mass is 351 g/mol. The fourth-order valence-electron chi connectivity index (χ4n) is 3.50. The van der Waals surface area contributed by atoms with Crippen LogP contribution in [-0.4, -0.2) is 34.2 Å². The van der Waals surface area contributed by atoms with Gasteiger partial charge in [0.15, 0.2) is 0 Å². The third-order valence-electron chi connectivity index (χ3n) is 5.12. The molecule has 2 aromatic heterocycles. The van der Waals surface area contributed by atoms with Crippen molar-refractivity contribution in [2.75, 3.05) is 18.1 Å². The lowest BCUT2D eigenvalue weighted by Gasteiger charge is -2.14. The van der Waals surface area contributed by atoms with Crippen LogP contribution in [0, 0.1) is 13.8 Å². The van der Waals surface area contributed by atoms with Gasteiger partial charge in [0.1, 0.15) is 5.76 Å². The molecule has 1 N–H and O–H groups in total. The summed E-state index contributed by atoms with van der Waals surface area (Å²) in [7, 11) is 0.